The lowest BCUT2D eigenvalue weighted by Crippen LogP contribution is -2.70. The van der Waals surface area contributed by atoms with Gasteiger partial charge in [-0.15, -0.1) is 0 Å². The first-order valence-electron chi connectivity index (χ1n) is 13.8. The third kappa shape index (κ3) is 5.84. The summed E-state index contributed by atoms with van der Waals surface area (Å²) >= 11 is 0. The van der Waals surface area contributed by atoms with Gasteiger partial charge in [0, 0.05) is 38.3 Å². The van der Waals surface area contributed by atoms with E-state index in [0.29, 0.717) is 12.3 Å². The number of aliphatic hydroxyl groups excluding tert-OH is 5. The normalized spacial score (nSPS) is 40.5. The number of nitrogens with zero attached hydrogens (tertiary/aromatic N) is 1. The van der Waals surface area contributed by atoms with Crippen molar-refractivity contribution in [2.45, 2.75) is 108 Å². The van der Waals surface area contributed by atoms with E-state index in [1.54, 1.807) is 0 Å². The highest BCUT2D eigenvalue weighted by Crippen LogP contribution is 2.60. The van der Waals surface area contributed by atoms with E-state index in [4.69, 9.17) is 29.1 Å². The number of likely N-dealkylation sites (N-methyl/N-ethyl adjacent to an activating group) is 1. The zero-order valence-corrected chi connectivity index (χ0v) is 23.0. The average molecular weight is 562 g/mol. The molecule has 4 saturated heterocycles. The SMILES string of the molecule is C[C@H]1[C@H](OC(=O)CCC(=O)N(C)C[C@H](O)[C@H](O)[C@H](O)[C@H](O)CO)O[C@@H]2O[C@]3(C)CC[C@@H]4[C@H](C)CC[C@H]1[C@@]24OO3. The molecule has 4 aliphatic heterocycles. The predicted octanol–water partition coefficient (Wildman–Crippen LogP) is -0.588. The summed E-state index contributed by atoms with van der Waals surface area (Å²) < 4.78 is 18.2. The van der Waals surface area contributed by atoms with Crippen LogP contribution in [0, 0.1) is 23.7 Å². The second kappa shape index (κ2) is 11.8. The van der Waals surface area contributed by atoms with Crippen LogP contribution in [0.15, 0.2) is 0 Å². The standard InChI is InChI=1S/C26H43NO12/c1-13-5-6-16-14(2)23(36-24-26(16)15(13)9-10-25(3,37-24)38-39-26)35-20(32)8-7-19(31)27(4)11-17(29)21(33)22(34)18(30)12-28/h13-18,21-24,28-30,33-34H,5-12H2,1-4H3/t13-,14-,15-,16-,17+,18-,21+,22-,23-,24-,25+,26-/m1/s1. The van der Waals surface area contributed by atoms with Crippen molar-refractivity contribution in [2.24, 2.45) is 23.7 Å². The van der Waals surface area contributed by atoms with Crippen molar-refractivity contribution in [2.75, 3.05) is 20.2 Å². The van der Waals surface area contributed by atoms with Crippen molar-refractivity contribution in [1.82, 2.24) is 4.90 Å². The Morgan fingerprint density at radius 2 is 1.69 bits per heavy atom. The molecule has 224 valence electrons. The van der Waals surface area contributed by atoms with Crippen molar-refractivity contribution in [1.29, 1.82) is 0 Å². The zero-order valence-electron chi connectivity index (χ0n) is 23.0. The molecule has 39 heavy (non-hydrogen) atoms. The molecular weight excluding hydrogens is 518 g/mol. The van der Waals surface area contributed by atoms with Crippen LogP contribution in [0.1, 0.15) is 59.3 Å². The van der Waals surface area contributed by atoms with Gasteiger partial charge in [0.1, 0.15) is 24.4 Å². The molecule has 1 aliphatic carbocycles. The second-order valence-electron chi connectivity index (χ2n) is 11.8. The van der Waals surface area contributed by atoms with E-state index in [1.807, 2.05) is 13.8 Å². The lowest BCUT2D eigenvalue weighted by Gasteiger charge is -2.59. The van der Waals surface area contributed by atoms with Gasteiger partial charge in [-0.2, -0.15) is 0 Å². The number of carbonyl (C=O) groups excluding carboxylic acids is 2. The Morgan fingerprint density at radius 3 is 2.38 bits per heavy atom. The van der Waals surface area contributed by atoms with Crippen LogP contribution in [-0.4, -0.2) is 111 Å². The van der Waals surface area contributed by atoms with Crippen LogP contribution in [0.4, 0.5) is 0 Å². The number of esters is 1. The molecule has 0 unspecified atom stereocenters. The number of ether oxygens (including phenoxy) is 3. The molecule has 5 fully saturated rings. The number of hydrogen-bond acceptors (Lipinski definition) is 12. The Balaban J connectivity index is 1.32. The van der Waals surface area contributed by atoms with E-state index in [9.17, 15) is 30.0 Å². The summed E-state index contributed by atoms with van der Waals surface area (Å²) in [6, 6.07) is 0. The fourth-order valence-electron chi connectivity index (χ4n) is 6.65. The second-order valence-corrected chi connectivity index (χ2v) is 11.8. The topological polar surface area (TPSA) is 185 Å². The van der Waals surface area contributed by atoms with Crippen molar-refractivity contribution in [3.63, 3.8) is 0 Å². The van der Waals surface area contributed by atoms with E-state index in [-0.39, 0.29) is 37.1 Å². The molecule has 5 N–H and O–H groups in total. The molecule has 5 aliphatic rings. The fourth-order valence-corrected chi connectivity index (χ4v) is 6.65. The van der Waals surface area contributed by atoms with Crippen molar-refractivity contribution in [3.05, 3.63) is 0 Å². The van der Waals surface area contributed by atoms with Crippen molar-refractivity contribution < 1.29 is 59.1 Å². The quantitative estimate of drug-likeness (QED) is 0.169. The van der Waals surface area contributed by atoms with Gasteiger partial charge in [0.25, 0.3) is 0 Å². The van der Waals surface area contributed by atoms with Crippen LogP contribution in [0.5, 0.6) is 0 Å². The largest absolute Gasteiger partial charge is 0.435 e. The Kier molecular flexibility index (Phi) is 9.26. The molecule has 13 heteroatoms. The van der Waals surface area contributed by atoms with Crippen molar-refractivity contribution >= 4 is 11.9 Å². The summed E-state index contributed by atoms with van der Waals surface area (Å²) in [7, 11) is 1.37. The summed E-state index contributed by atoms with van der Waals surface area (Å²) in [5, 5.41) is 48.1. The molecule has 2 bridgehead atoms. The maximum absolute atomic E-state index is 12.7. The summed E-state index contributed by atoms with van der Waals surface area (Å²) in [4.78, 5) is 38.2. The zero-order chi connectivity index (χ0) is 28.7. The fraction of sp³-hybridized carbons (Fsp3) is 0.923. The summed E-state index contributed by atoms with van der Waals surface area (Å²) in [5.74, 6) is -1.72. The van der Waals surface area contributed by atoms with Crippen LogP contribution < -0.4 is 0 Å². The molecule has 5 rings (SSSR count). The van der Waals surface area contributed by atoms with E-state index in [1.165, 1.54) is 7.05 Å². The highest BCUT2D eigenvalue weighted by atomic mass is 17.3. The van der Waals surface area contributed by atoms with Gasteiger partial charge in [0.05, 0.1) is 13.0 Å². The Hall–Kier alpha value is -1.42. The Bertz CT molecular complexity index is 891. The highest BCUT2D eigenvalue weighted by Gasteiger charge is 2.69. The predicted molar refractivity (Wildman–Crippen MR) is 131 cm³/mol. The van der Waals surface area contributed by atoms with Crippen molar-refractivity contribution in [3.8, 4) is 0 Å². The molecule has 1 saturated carbocycles. The van der Waals surface area contributed by atoms with Gasteiger partial charge in [0.2, 0.25) is 18.0 Å². The van der Waals surface area contributed by atoms with Crippen LogP contribution in [0.25, 0.3) is 0 Å². The highest BCUT2D eigenvalue weighted by molar-refractivity contribution is 5.81. The molecule has 4 heterocycles. The summed E-state index contributed by atoms with van der Waals surface area (Å²) in [6.45, 7) is 4.81. The number of carbonyl (C=O) groups is 2. The minimum absolute atomic E-state index is 0.0155. The van der Waals surface area contributed by atoms with E-state index < -0.39 is 66.9 Å². The lowest BCUT2D eigenvalue weighted by atomic mass is 9.58. The number of amides is 1. The van der Waals surface area contributed by atoms with Crippen LogP contribution in [-0.2, 0) is 33.6 Å². The molecule has 0 radical (unpaired) electrons. The smallest absolute Gasteiger partial charge is 0.308 e. The number of aliphatic hydroxyl groups is 5. The maximum Gasteiger partial charge on any atom is 0.308 e. The minimum Gasteiger partial charge on any atom is -0.435 e. The van der Waals surface area contributed by atoms with Gasteiger partial charge < -0.3 is 44.6 Å². The first-order chi connectivity index (χ1) is 18.3. The Labute approximate surface area is 227 Å². The van der Waals surface area contributed by atoms with Crippen LogP contribution in [0.3, 0.4) is 0 Å². The molecule has 12 atom stereocenters. The maximum atomic E-state index is 12.7. The monoisotopic (exact) mass is 561 g/mol. The number of hydrogen-bond donors (Lipinski definition) is 5. The van der Waals surface area contributed by atoms with Gasteiger partial charge >= 0.3 is 5.97 Å². The molecule has 1 spiro atoms. The molecule has 13 nitrogen and oxygen atoms in total. The van der Waals surface area contributed by atoms with E-state index in [0.717, 1.165) is 24.2 Å². The number of rotatable bonds is 10. The summed E-state index contributed by atoms with van der Waals surface area (Å²) in [5.41, 5.74) is -0.777. The first-order valence-corrected chi connectivity index (χ1v) is 13.8. The third-order valence-corrected chi connectivity index (χ3v) is 9.10. The number of fused-ring (bicyclic) bond motifs is 2. The lowest BCUT2D eigenvalue weighted by molar-refractivity contribution is -0.576. The van der Waals surface area contributed by atoms with Gasteiger partial charge in [-0.25, -0.2) is 9.78 Å². The molecule has 0 aromatic rings. The average Bonchev–Trinajstić information content (AvgIpc) is 3.14. The third-order valence-electron chi connectivity index (χ3n) is 9.10. The van der Waals surface area contributed by atoms with Gasteiger partial charge in [0.15, 0.2) is 11.9 Å². The van der Waals surface area contributed by atoms with Gasteiger partial charge in [-0.1, -0.05) is 13.8 Å². The van der Waals surface area contributed by atoms with Crippen LogP contribution >= 0.6 is 0 Å². The van der Waals surface area contributed by atoms with E-state index >= 15 is 0 Å². The first kappa shape index (κ1) is 30.5. The van der Waals surface area contributed by atoms with Crippen LogP contribution in [0.2, 0.25) is 0 Å². The summed E-state index contributed by atoms with van der Waals surface area (Å²) in [6.07, 6.45) is -5.52. The molecule has 0 aromatic heterocycles. The minimum atomic E-state index is -1.80. The van der Waals surface area contributed by atoms with E-state index in [2.05, 4.69) is 6.92 Å². The van der Waals surface area contributed by atoms with Gasteiger partial charge in [-0.05, 0) is 38.0 Å². The molecule has 0 aromatic carbocycles. The molecular formula is C26H43NO12. The van der Waals surface area contributed by atoms with Gasteiger partial charge in [-0.3, -0.25) is 9.59 Å². The Morgan fingerprint density at radius 1 is 1.00 bits per heavy atom. The molecule has 1 amide bonds.